The maximum Gasteiger partial charge on any atom is 0.269 e. The third-order valence-corrected chi connectivity index (χ3v) is 7.50. The number of hydrogen-bond acceptors (Lipinski definition) is 4. The third-order valence-electron chi connectivity index (χ3n) is 5.11. The van der Waals surface area contributed by atoms with Crippen molar-refractivity contribution in [3.8, 4) is 6.07 Å². The topological polar surface area (TPSA) is 73.2 Å². The number of benzene rings is 3. The number of anilines is 2. The highest BCUT2D eigenvalue weighted by molar-refractivity contribution is 9.10. The molecule has 4 rings (SSSR count). The molecule has 3 aromatic rings. The second-order valence-corrected chi connectivity index (χ2v) is 10.4. The molecule has 0 aliphatic carbocycles. The van der Waals surface area contributed by atoms with Crippen molar-refractivity contribution in [2.45, 2.75) is 11.7 Å². The summed E-state index contributed by atoms with van der Waals surface area (Å²) in [5, 5.41) is 13.0. The Morgan fingerprint density at radius 1 is 1.11 bits per heavy atom. The van der Waals surface area contributed by atoms with Gasteiger partial charge in [-0.2, -0.15) is 5.26 Å². The van der Waals surface area contributed by atoms with Crippen molar-refractivity contribution in [2.24, 2.45) is 0 Å². The van der Waals surface area contributed by atoms with Crippen molar-refractivity contribution in [2.75, 3.05) is 10.2 Å². The molecule has 2 amide bonds. The van der Waals surface area contributed by atoms with Crippen LogP contribution in [0.25, 0.3) is 0 Å². The fourth-order valence-corrected chi connectivity index (χ4v) is 5.39. The van der Waals surface area contributed by atoms with E-state index in [1.807, 2.05) is 6.07 Å². The summed E-state index contributed by atoms with van der Waals surface area (Å²) in [6, 6.07) is 19.0. The van der Waals surface area contributed by atoms with Crippen LogP contribution >= 0.6 is 50.9 Å². The molecule has 1 atom stereocenters. The highest BCUT2D eigenvalue weighted by atomic mass is 79.9. The van der Waals surface area contributed by atoms with Gasteiger partial charge in [0.05, 0.1) is 5.25 Å². The van der Waals surface area contributed by atoms with Gasteiger partial charge in [0, 0.05) is 25.9 Å². The molecule has 0 unspecified atom stereocenters. The second kappa shape index (κ2) is 10.8. The Hall–Kier alpha value is -2.83. The van der Waals surface area contributed by atoms with Crippen LogP contribution in [0.4, 0.5) is 15.8 Å². The molecule has 0 aromatic heterocycles. The van der Waals surface area contributed by atoms with Gasteiger partial charge >= 0.3 is 0 Å². The van der Waals surface area contributed by atoms with Crippen LogP contribution in [-0.2, 0) is 16.0 Å². The maximum absolute atomic E-state index is 13.6. The van der Waals surface area contributed by atoms with Crippen molar-refractivity contribution < 1.29 is 14.0 Å². The first kappa shape index (κ1) is 25.3. The summed E-state index contributed by atoms with van der Waals surface area (Å²) in [5.74, 6) is -1.51. The van der Waals surface area contributed by atoms with Crippen molar-refractivity contribution in [3.05, 3.63) is 103 Å². The predicted molar refractivity (Wildman–Crippen MR) is 141 cm³/mol. The van der Waals surface area contributed by atoms with Crippen molar-refractivity contribution in [1.82, 2.24) is 0 Å². The van der Waals surface area contributed by atoms with Gasteiger partial charge in [-0.05, 0) is 78.7 Å². The van der Waals surface area contributed by atoms with Crippen molar-refractivity contribution >= 4 is 74.1 Å². The molecular weight excluding hydrogens is 576 g/mol. The molecule has 1 saturated heterocycles. The lowest BCUT2D eigenvalue weighted by atomic mass is 10.1. The van der Waals surface area contributed by atoms with E-state index >= 15 is 0 Å². The van der Waals surface area contributed by atoms with E-state index in [1.54, 1.807) is 42.5 Å². The molecule has 3 aromatic carbocycles. The average molecular weight is 591 g/mol. The zero-order valence-corrected chi connectivity index (χ0v) is 21.7. The molecule has 0 radical (unpaired) electrons. The molecule has 1 aliphatic heterocycles. The van der Waals surface area contributed by atoms with Gasteiger partial charge in [-0.3, -0.25) is 14.5 Å². The normalized spacial score (nSPS) is 16.7. The zero-order chi connectivity index (χ0) is 25.1. The first-order valence-corrected chi connectivity index (χ1v) is 12.6. The molecule has 176 valence electrons. The van der Waals surface area contributed by atoms with Gasteiger partial charge in [0.1, 0.15) is 22.5 Å². The lowest BCUT2D eigenvalue weighted by Crippen LogP contribution is -2.31. The van der Waals surface area contributed by atoms with Gasteiger partial charge in [-0.25, -0.2) is 4.39 Å². The number of halogens is 4. The van der Waals surface area contributed by atoms with E-state index in [1.165, 1.54) is 29.2 Å². The summed E-state index contributed by atoms with van der Waals surface area (Å²) in [6.07, 6.45) is 0.219. The SMILES string of the molecule is N#C/C(C(=O)Nc1ccc(Br)cc1)=C1/S[C@@H](Cc2cc(Cl)ccc2Cl)C(=O)N1c1ccc(F)cc1. The molecule has 0 bridgehead atoms. The summed E-state index contributed by atoms with van der Waals surface area (Å²) in [5.41, 5.74) is 1.23. The quantitative estimate of drug-likeness (QED) is 0.257. The monoisotopic (exact) mass is 589 g/mol. The summed E-state index contributed by atoms with van der Waals surface area (Å²) in [6.45, 7) is 0. The first-order chi connectivity index (χ1) is 16.8. The van der Waals surface area contributed by atoms with Crippen LogP contribution in [0.1, 0.15) is 5.56 Å². The Morgan fingerprint density at radius 2 is 1.80 bits per heavy atom. The van der Waals surface area contributed by atoms with Gasteiger partial charge < -0.3 is 5.32 Å². The van der Waals surface area contributed by atoms with E-state index in [0.717, 1.165) is 16.2 Å². The van der Waals surface area contributed by atoms with Crippen LogP contribution in [0, 0.1) is 17.1 Å². The Morgan fingerprint density at radius 3 is 2.46 bits per heavy atom. The van der Waals surface area contributed by atoms with Crippen LogP contribution in [-0.4, -0.2) is 17.1 Å². The fourth-order valence-electron chi connectivity index (χ4n) is 3.44. The van der Waals surface area contributed by atoms with Gasteiger partial charge in [-0.1, -0.05) is 50.9 Å². The predicted octanol–water partition coefficient (Wildman–Crippen LogP) is 6.96. The minimum Gasteiger partial charge on any atom is -0.321 e. The highest BCUT2D eigenvalue weighted by Crippen LogP contribution is 2.42. The summed E-state index contributed by atoms with van der Waals surface area (Å²) >= 11 is 16.8. The fraction of sp³-hybridized carbons (Fsp3) is 0.0800. The smallest absolute Gasteiger partial charge is 0.269 e. The van der Waals surface area contributed by atoms with Gasteiger partial charge in [0.15, 0.2) is 0 Å². The summed E-state index contributed by atoms with van der Waals surface area (Å²) in [7, 11) is 0. The van der Waals surface area contributed by atoms with Crippen LogP contribution in [0.5, 0.6) is 0 Å². The minimum absolute atomic E-state index is 0.155. The number of nitriles is 1. The number of nitrogens with zero attached hydrogens (tertiary/aromatic N) is 2. The van der Waals surface area contributed by atoms with Crippen molar-refractivity contribution in [1.29, 1.82) is 5.26 Å². The lowest BCUT2D eigenvalue weighted by molar-refractivity contribution is -0.117. The molecule has 10 heteroatoms. The average Bonchev–Trinajstić information content (AvgIpc) is 3.14. The van der Waals surface area contributed by atoms with E-state index in [4.69, 9.17) is 23.2 Å². The molecule has 1 fully saturated rings. The number of carbonyl (C=O) groups excluding carboxylic acids is 2. The maximum atomic E-state index is 13.6. The molecule has 0 saturated carbocycles. The number of thioether (sulfide) groups is 1. The molecule has 1 N–H and O–H groups in total. The Balaban J connectivity index is 1.73. The Kier molecular flexibility index (Phi) is 7.82. The summed E-state index contributed by atoms with van der Waals surface area (Å²) in [4.78, 5) is 27.8. The van der Waals surface area contributed by atoms with Crippen LogP contribution in [0.2, 0.25) is 10.0 Å². The number of rotatable bonds is 5. The number of nitrogens with one attached hydrogen (secondary N) is 1. The van der Waals surface area contributed by atoms with Gasteiger partial charge in [0.25, 0.3) is 5.91 Å². The molecule has 0 spiro atoms. The number of amides is 2. The summed E-state index contributed by atoms with van der Waals surface area (Å²) < 4.78 is 14.4. The third kappa shape index (κ3) is 5.71. The van der Waals surface area contributed by atoms with Crippen LogP contribution in [0.15, 0.2) is 81.8 Å². The second-order valence-electron chi connectivity index (χ2n) is 7.45. The molecule has 5 nitrogen and oxygen atoms in total. The van der Waals surface area contributed by atoms with E-state index in [0.29, 0.717) is 27.0 Å². The van der Waals surface area contributed by atoms with Crippen LogP contribution in [0.3, 0.4) is 0 Å². The zero-order valence-electron chi connectivity index (χ0n) is 17.8. The van der Waals surface area contributed by atoms with E-state index in [2.05, 4.69) is 21.2 Å². The number of carbonyl (C=O) groups is 2. The molecule has 35 heavy (non-hydrogen) atoms. The Bertz CT molecular complexity index is 1370. The molecule has 1 aliphatic rings. The lowest BCUT2D eigenvalue weighted by Gasteiger charge is -2.18. The largest absolute Gasteiger partial charge is 0.321 e. The van der Waals surface area contributed by atoms with Gasteiger partial charge in [-0.15, -0.1) is 0 Å². The van der Waals surface area contributed by atoms with E-state index in [-0.39, 0.29) is 22.9 Å². The van der Waals surface area contributed by atoms with E-state index < -0.39 is 17.0 Å². The standard InChI is InChI=1S/C25H15BrCl2FN3O2S/c26-15-1-6-18(7-2-15)31-23(33)20(13-30)25-32(19-8-4-17(29)5-9-19)24(34)22(35-25)12-14-11-16(27)3-10-21(14)28/h1-11,22H,12H2,(H,31,33)/b25-20-/t22-/m0/s1. The molecular formula is C25H15BrCl2FN3O2S. The van der Waals surface area contributed by atoms with Gasteiger partial charge in [0.2, 0.25) is 5.91 Å². The highest BCUT2D eigenvalue weighted by Gasteiger charge is 2.41. The van der Waals surface area contributed by atoms with E-state index in [9.17, 15) is 19.2 Å². The minimum atomic E-state index is -0.685. The Labute approximate surface area is 223 Å². The van der Waals surface area contributed by atoms with Crippen LogP contribution < -0.4 is 10.2 Å². The van der Waals surface area contributed by atoms with Crippen molar-refractivity contribution in [3.63, 3.8) is 0 Å². The molecule has 1 heterocycles. The first-order valence-electron chi connectivity index (χ1n) is 10.2. The number of hydrogen-bond donors (Lipinski definition) is 1.